The number of phosphoric acid groups is 1. The number of aldehydes is 1. The minimum atomic E-state index is -4.12. The minimum Gasteiger partial charge on any atom is -0.756 e. The van der Waals surface area contributed by atoms with Gasteiger partial charge in [0.05, 0.1) is 6.61 Å². The zero-order valence-electron chi connectivity index (χ0n) is 13.0. The number of carbonyl (C=O) groups excluding carboxylic acids is 2. The molecule has 1 atom stereocenters. The van der Waals surface area contributed by atoms with Crippen LogP contribution in [0.15, 0.2) is 24.3 Å². The van der Waals surface area contributed by atoms with Gasteiger partial charge in [-0.15, -0.1) is 0 Å². The van der Waals surface area contributed by atoms with E-state index in [0.29, 0.717) is 24.1 Å². The number of nitrogens with one attached hydrogen (secondary N) is 1. The maximum absolute atomic E-state index is 11.8. The Morgan fingerprint density at radius 3 is 2.48 bits per heavy atom. The number of rotatable bonds is 11. The van der Waals surface area contributed by atoms with Crippen LogP contribution in [-0.4, -0.2) is 32.5 Å². The van der Waals surface area contributed by atoms with E-state index in [-0.39, 0.29) is 12.5 Å². The van der Waals surface area contributed by atoms with Gasteiger partial charge >= 0.3 is 0 Å². The molecule has 0 spiro atoms. The van der Waals surface area contributed by atoms with Crippen molar-refractivity contribution in [2.45, 2.75) is 25.7 Å². The van der Waals surface area contributed by atoms with Crippen LogP contribution in [0.1, 0.15) is 46.4 Å². The lowest BCUT2D eigenvalue weighted by molar-refractivity contribution is -0.223. The first kappa shape index (κ1) is 19.5. The molecule has 0 aromatic heterocycles. The molecule has 1 unspecified atom stereocenters. The monoisotopic (exact) mass is 342 g/mol. The summed E-state index contributed by atoms with van der Waals surface area (Å²) in [5, 5.41) is 2.79. The minimum absolute atomic E-state index is 0.101. The molecule has 1 N–H and O–H groups in total. The molecular formula is C15H21NO6P-. The van der Waals surface area contributed by atoms with Crippen LogP contribution in [0.5, 0.6) is 0 Å². The van der Waals surface area contributed by atoms with Gasteiger partial charge in [-0.1, -0.05) is 25.0 Å². The molecule has 0 fully saturated rings. The summed E-state index contributed by atoms with van der Waals surface area (Å²) in [6.07, 6.45) is 3.77. The fourth-order valence-corrected chi connectivity index (χ4v) is 2.28. The smallest absolute Gasteiger partial charge is 0.267 e. The zero-order valence-corrected chi connectivity index (χ0v) is 13.9. The summed E-state index contributed by atoms with van der Waals surface area (Å²) in [5.74, 6) is -0.182. The number of hydrogen-bond acceptors (Lipinski definition) is 6. The van der Waals surface area contributed by atoms with Gasteiger partial charge in [0.25, 0.3) is 13.7 Å². The van der Waals surface area contributed by atoms with E-state index in [4.69, 9.17) is 0 Å². The van der Waals surface area contributed by atoms with E-state index in [1.54, 1.807) is 24.3 Å². The summed E-state index contributed by atoms with van der Waals surface area (Å²) >= 11 is 0. The predicted octanol–water partition coefficient (Wildman–Crippen LogP) is 1.92. The average Bonchev–Trinajstić information content (AvgIpc) is 2.57. The summed E-state index contributed by atoms with van der Waals surface area (Å²) < 4.78 is 19.7. The summed E-state index contributed by atoms with van der Waals surface area (Å²) in [6, 6.07) is 6.40. The van der Waals surface area contributed by atoms with Gasteiger partial charge < -0.3 is 19.3 Å². The molecule has 23 heavy (non-hydrogen) atoms. The molecule has 0 aliphatic rings. The molecule has 0 saturated heterocycles. The fraction of sp³-hybridized carbons (Fsp3) is 0.467. The Labute approximate surface area is 135 Å². The lowest BCUT2D eigenvalue weighted by Crippen LogP contribution is -2.24. The van der Waals surface area contributed by atoms with Gasteiger partial charge in [-0.2, -0.15) is 0 Å². The van der Waals surface area contributed by atoms with Crippen molar-refractivity contribution in [1.82, 2.24) is 5.32 Å². The van der Waals surface area contributed by atoms with Gasteiger partial charge in [-0.25, -0.2) is 0 Å². The molecule has 128 valence electrons. The average molecular weight is 342 g/mol. The molecule has 0 aliphatic heterocycles. The molecule has 8 heteroatoms. The van der Waals surface area contributed by atoms with Crippen molar-refractivity contribution in [3.63, 3.8) is 0 Å². The first-order valence-corrected chi connectivity index (χ1v) is 8.79. The topological polar surface area (TPSA) is 105 Å². The standard InChI is InChI=1S/C15H22NO6P/c1-21-23(19,20)22-11-5-3-2-4-10-16-15(18)14-8-6-13(12-17)7-9-14/h6-9,12H,2-5,10-11H2,1H3,(H,16,18)(H,19,20)/p-1. The second kappa shape index (κ2) is 10.3. The highest BCUT2D eigenvalue weighted by molar-refractivity contribution is 7.45. The maximum Gasteiger partial charge on any atom is 0.267 e. The molecule has 0 saturated carbocycles. The van der Waals surface area contributed by atoms with E-state index in [2.05, 4.69) is 14.4 Å². The Bertz CT molecular complexity index is 545. The summed E-state index contributed by atoms with van der Waals surface area (Å²) in [6.45, 7) is 0.636. The fourth-order valence-electron chi connectivity index (χ4n) is 1.83. The van der Waals surface area contributed by atoms with Gasteiger partial charge in [0.15, 0.2) is 0 Å². The zero-order chi connectivity index (χ0) is 17.1. The van der Waals surface area contributed by atoms with Crippen LogP contribution in [-0.2, 0) is 13.6 Å². The molecule has 0 radical (unpaired) electrons. The predicted molar refractivity (Wildman–Crippen MR) is 83.2 cm³/mol. The highest BCUT2D eigenvalue weighted by Crippen LogP contribution is 2.36. The number of benzene rings is 1. The molecule has 1 aromatic rings. The number of unbranched alkanes of at least 4 members (excludes halogenated alkanes) is 3. The van der Waals surface area contributed by atoms with Gasteiger partial charge in [0, 0.05) is 24.8 Å². The lowest BCUT2D eigenvalue weighted by Gasteiger charge is -2.19. The van der Waals surface area contributed by atoms with Crippen LogP contribution in [0, 0.1) is 0 Å². The molecule has 1 aromatic carbocycles. The highest BCUT2D eigenvalue weighted by atomic mass is 31.2. The largest absolute Gasteiger partial charge is 0.756 e. The third kappa shape index (κ3) is 8.04. The van der Waals surface area contributed by atoms with Crippen molar-refractivity contribution in [3.05, 3.63) is 35.4 Å². The van der Waals surface area contributed by atoms with Crippen LogP contribution < -0.4 is 10.2 Å². The molecule has 0 aliphatic carbocycles. The molecule has 1 amide bonds. The van der Waals surface area contributed by atoms with E-state index >= 15 is 0 Å². The van der Waals surface area contributed by atoms with Gasteiger partial charge in [0.2, 0.25) is 0 Å². The van der Waals surface area contributed by atoms with Gasteiger partial charge in [-0.05, 0) is 25.0 Å². The van der Waals surface area contributed by atoms with Crippen molar-refractivity contribution in [3.8, 4) is 0 Å². The Balaban J connectivity index is 2.09. The van der Waals surface area contributed by atoms with Crippen molar-refractivity contribution >= 4 is 20.0 Å². The lowest BCUT2D eigenvalue weighted by atomic mass is 10.1. The van der Waals surface area contributed by atoms with Crippen LogP contribution in [0.25, 0.3) is 0 Å². The maximum atomic E-state index is 11.8. The van der Waals surface area contributed by atoms with E-state index in [9.17, 15) is 19.0 Å². The number of hydrogen-bond donors (Lipinski definition) is 1. The molecule has 7 nitrogen and oxygen atoms in total. The van der Waals surface area contributed by atoms with Crippen LogP contribution in [0.2, 0.25) is 0 Å². The molecule has 0 bridgehead atoms. The number of amides is 1. The Hall–Kier alpha value is -1.53. The van der Waals surface area contributed by atoms with Crippen LogP contribution >= 0.6 is 7.82 Å². The van der Waals surface area contributed by atoms with E-state index in [1.165, 1.54) is 0 Å². The molecule has 1 rings (SSSR count). The Morgan fingerprint density at radius 1 is 1.22 bits per heavy atom. The van der Waals surface area contributed by atoms with Crippen LogP contribution in [0.3, 0.4) is 0 Å². The van der Waals surface area contributed by atoms with Crippen molar-refractivity contribution in [2.24, 2.45) is 0 Å². The third-order valence-corrected chi connectivity index (χ3v) is 4.08. The summed E-state index contributed by atoms with van der Waals surface area (Å²) in [5.41, 5.74) is 1.04. The second-order valence-corrected chi connectivity index (χ2v) is 6.39. The summed E-state index contributed by atoms with van der Waals surface area (Å²) in [7, 11) is -3.06. The Morgan fingerprint density at radius 2 is 1.87 bits per heavy atom. The second-order valence-electron chi connectivity index (χ2n) is 4.87. The number of carbonyl (C=O) groups is 2. The number of phosphoric ester groups is 1. The van der Waals surface area contributed by atoms with E-state index < -0.39 is 7.82 Å². The van der Waals surface area contributed by atoms with Gasteiger partial charge in [0.1, 0.15) is 6.29 Å². The van der Waals surface area contributed by atoms with Crippen molar-refractivity contribution in [1.29, 1.82) is 0 Å². The molecular weight excluding hydrogens is 321 g/mol. The normalized spacial score (nSPS) is 13.3. The first-order chi connectivity index (χ1) is 11.0. The third-order valence-electron chi connectivity index (χ3n) is 3.14. The summed E-state index contributed by atoms with van der Waals surface area (Å²) in [4.78, 5) is 33.3. The quantitative estimate of drug-likeness (QED) is 0.374. The van der Waals surface area contributed by atoms with Crippen LogP contribution in [0.4, 0.5) is 0 Å². The molecule has 0 heterocycles. The highest BCUT2D eigenvalue weighted by Gasteiger charge is 2.06. The van der Waals surface area contributed by atoms with Gasteiger partial charge in [-0.3, -0.25) is 14.2 Å². The first-order valence-electron chi connectivity index (χ1n) is 7.33. The Kier molecular flexibility index (Phi) is 8.73. The van der Waals surface area contributed by atoms with Crippen molar-refractivity contribution < 1.29 is 28.1 Å². The van der Waals surface area contributed by atoms with E-state index in [0.717, 1.165) is 32.7 Å². The van der Waals surface area contributed by atoms with E-state index in [1.807, 2.05) is 0 Å². The van der Waals surface area contributed by atoms with Crippen molar-refractivity contribution in [2.75, 3.05) is 20.3 Å². The SMILES string of the molecule is COP(=O)([O-])OCCCCCCNC(=O)c1ccc(C=O)cc1.